The van der Waals surface area contributed by atoms with E-state index in [-0.39, 0.29) is 43.9 Å². The molecule has 0 radical (unpaired) electrons. The van der Waals surface area contributed by atoms with E-state index in [1.165, 1.54) is 4.90 Å². The van der Waals surface area contributed by atoms with Gasteiger partial charge in [0, 0.05) is 18.7 Å². The van der Waals surface area contributed by atoms with Crippen LogP contribution < -0.4 is 9.47 Å². The Morgan fingerprint density at radius 2 is 1.77 bits per heavy atom. The highest BCUT2D eigenvalue weighted by Gasteiger charge is 2.36. The molecular formula is C26H24F2N2O5. The number of fused-ring (bicyclic) bond motifs is 1. The monoisotopic (exact) mass is 482 g/mol. The second-order valence-electron chi connectivity index (χ2n) is 8.74. The molecule has 2 amide bonds. The van der Waals surface area contributed by atoms with E-state index < -0.39 is 17.5 Å². The van der Waals surface area contributed by atoms with Crippen LogP contribution in [0.1, 0.15) is 40.3 Å². The minimum absolute atomic E-state index is 0.144. The topological polar surface area (TPSA) is 72.2 Å². The van der Waals surface area contributed by atoms with Gasteiger partial charge in [-0.15, -0.1) is 0 Å². The van der Waals surface area contributed by atoms with Crippen molar-refractivity contribution in [2.45, 2.75) is 38.9 Å². The smallest absolute Gasteiger partial charge is 0.257 e. The van der Waals surface area contributed by atoms with Gasteiger partial charge in [-0.2, -0.15) is 0 Å². The van der Waals surface area contributed by atoms with E-state index >= 15 is 0 Å². The lowest BCUT2D eigenvalue weighted by atomic mass is 10.1. The van der Waals surface area contributed by atoms with E-state index in [1.54, 1.807) is 17.0 Å². The lowest BCUT2D eigenvalue weighted by Gasteiger charge is -2.27. The number of rotatable bonds is 8. The van der Waals surface area contributed by atoms with Crippen LogP contribution in [0.2, 0.25) is 0 Å². The minimum atomic E-state index is -0.948. The van der Waals surface area contributed by atoms with Gasteiger partial charge in [0.2, 0.25) is 12.7 Å². The van der Waals surface area contributed by atoms with Gasteiger partial charge < -0.3 is 23.7 Å². The van der Waals surface area contributed by atoms with Crippen molar-refractivity contribution in [2.75, 3.05) is 13.3 Å². The molecule has 2 heterocycles. The summed E-state index contributed by atoms with van der Waals surface area (Å²) in [6, 6.07) is 11.7. The fourth-order valence-corrected chi connectivity index (χ4v) is 4.07. The summed E-state index contributed by atoms with van der Waals surface area (Å²) in [5.74, 6) is -0.101. The summed E-state index contributed by atoms with van der Waals surface area (Å²) < 4.78 is 44.1. The van der Waals surface area contributed by atoms with Gasteiger partial charge in [-0.25, -0.2) is 8.78 Å². The van der Waals surface area contributed by atoms with Crippen molar-refractivity contribution in [1.82, 2.24) is 9.80 Å². The molecule has 1 aromatic heterocycles. The van der Waals surface area contributed by atoms with Gasteiger partial charge in [-0.05, 0) is 61.7 Å². The standard InChI is InChI=1S/C26H24F2N2O5/c1-16-2-7-20(35-16)13-29(12-17-3-9-23-24(10-17)34-15-33-23)25(31)14-30(19-5-6-19)26(32)21-8-4-18(27)11-22(21)28/h2-4,7-11,19H,5-6,12-15H2,1H3. The number of benzene rings is 2. The molecule has 0 bridgehead atoms. The summed E-state index contributed by atoms with van der Waals surface area (Å²) in [4.78, 5) is 29.6. The third-order valence-corrected chi connectivity index (χ3v) is 6.02. The Kier molecular flexibility index (Phi) is 6.15. The van der Waals surface area contributed by atoms with Crippen molar-refractivity contribution < 1.29 is 32.3 Å². The number of aryl methyl sites for hydroxylation is 1. The molecule has 2 aliphatic rings. The number of carbonyl (C=O) groups is 2. The number of furan rings is 1. The van der Waals surface area contributed by atoms with Crippen LogP contribution in [-0.2, 0) is 17.9 Å². The van der Waals surface area contributed by atoms with Crippen LogP contribution >= 0.6 is 0 Å². The fourth-order valence-electron chi connectivity index (χ4n) is 4.07. The molecule has 0 N–H and O–H groups in total. The predicted octanol–water partition coefficient (Wildman–Crippen LogP) is 4.43. The van der Waals surface area contributed by atoms with E-state index in [4.69, 9.17) is 13.9 Å². The average Bonchev–Trinajstić information content (AvgIpc) is 3.41. The van der Waals surface area contributed by atoms with Gasteiger partial charge in [-0.1, -0.05) is 6.07 Å². The van der Waals surface area contributed by atoms with Crippen molar-refractivity contribution in [3.63, 3.8) is 0 Å². The maximum atomic E-state index is 14.3. The third kappa shape index (κ3) is 5.13. The second kappa shape index (κ2) is 9.40. The molecule has 2 aromatic carbocycles. The van der Waals surface area contributed by atoms with Crippen molar-refractivity contribution in [1.29, 1.82) is 0 Å². The largest absolute Gasteiger partial charge is 0.464 e. The minimum Gasteiger partial charge on any atom is -0.464 e. The van der Waals surface area contributed by atoms with Crippen LogP contribution in [-0.4, -0.2) is 41.0 Å². The molecule has 35 heavy (non-hydrogen) atoms. The fraction of sp³-hybridized carbons (Fsp3) is 0.308. The quantitative estimate of drug-likeness (QED) is 0.475. The Hall–Kier alpha value is -3.88. The van der Waals surface area contributed by atoms with Crippen LogP contribution in [0.4, 0.5) is 8.78 Å². The number of nitrogens with zero attached hydrogens (tertiary/aromatic N) is 2. The van der Waals surface area contributed by atoms with Crippen LogP contribution in [0, 0.1) is 18.6 Å². The molecule has 0 atom stereocenters. The lowest BCUT2D eigenvalue weighted by Crippen LogP contribution is -2.43. The number of amides is 2. The zero-order valence-electron chi connectivity index (χ0n) is 19.1. The van der Waals surface area contributed by atoms with E-state index in [9.17, 15) is 18.4 Å². The molecule has 1 fully saturated rings. The average molecular weight is 482 g/mol. The Morgan fingerprint density at radius 1 is 0.971 bits per heavy atom. The first-order chi connectivity index (χ1) is 16.9. The van der Waals surface area contributed by atoms with Crippen LogP contribution in [0.3, 0.4) is 0 Å². The molecule has 0 unspecified atom stereocenters. The predicted molar refractivity (Wildman–Crippen MR) is 121 cm³/mol. The lowest BCUT2D eigenvalue weighted by molar-refractivity contribution is -0.133. The molecule has 7 nitrogen and oxygen atoms in total. The molecule has 9 heteroatoms. The Balaban J connectivity index is 1.37. The SMILES string of the molecule is Cc1ccc(CN(Cc2ccc3c(c2)OCO3)C(=O)CN(C(=O)c2ccc(F)cc2F)C2CC2)o1. The maximum absolute atomic E-state index is 14.3. The summed E-state index contributed by atoms with van der Waals surface area (Å²) in [5.41, 5.74) is 0.565. The second-order valence-corrected chi connectivity index (χ2v) is 8.74. The molecule has 1 aliphatic heterocycles. The van der Waals surface area contributed by atoms with Gasteiger partial charge in [0.25, 0.3) is 5.91 Å². The van der Waals surface area contributed by atoms with Crippen molar-refractivity contribution in [3.8, 4) is 11.5 Å². The number of halogens is 2. The van der Waals surface area contributed by atoms with Gasteiger partial charge >= 0.3 is 0 Å². The Labute approximate surface area is 200 Å². The van der Waals surface area contributed by atoms with Gasteiger partial charge in [0.1, 0.15) is 29.7 Å². The maximum Gasteiger partial charge on any atom is 0.257 e. The first kappa shape index (κ1) is 22.9. The van der Waals surface area contributed by atoms with Crippen molar-refractivity contribution >= 4 is 11.8 Å². The zero-order chi connectivity index (χ0) is 24.5. The highest BCUT2D eigenvalue weighted by Crippen LogP contribution is 2.33. The van der Waals surface area contributed by atoms with E-state index in [0.29, 0.717) is 23.3 Å². The summed E-state index contributed by atoms with van der Waals surface area (Å²) in [6.45, 7) is 2.17. The number of hydrogen-bond acceptors (Lipinski definition) is 5. The van der Waals surface area contributed by atoms with Gasteiger partial charge in [0.05, 0.1) is 12.1 Å². The van der Waals surface area contributed by atoms with Crippen LogP contribution in [0.25, 0.3) is 0 Å². The van der Waals surface area contributed by atoms with E-state index in [2.05, 4.69) is 0 Å². The highest BCUT2D eigenvalue weighted by molar-refractivity contribution is 5.97. The van der Waals surface area contributed by atoms with Gasteiger partial charge in [-0.3, -0.25) is 9.59 Å². The van der Waals surface area contributed by atoms with Crippen LogP contribution in [0.5, 0.6) is 11.5 Å². The van der Waals surface area contributed by atoms with E-state index in [0.717, 1.165) is 36.3 Å². The van der Waals surface area contributed by atoms with Gasteiger partial charge in [0.15, 0.2) is 11.5 Å². The Bertz CT molecular complexity index is 1270. The summed E-state index contributed by atoms with van der Waals surface area (Å²) in [5, 5.41) is 0. The number of carbonyl (C=O) groups excluding carboxylic acids is 2. The summed E-state index contributed by atoms with van der Waals surface area (Å²) in [7, 11) is 0. The van der Waals surface area contributed by atoms with Crippen LogP contribution in [0.15, 0.2) is 52.9 Å². The molecule has 1 aliphatic carbocycles. The number of ether oxygens (including phenoxy) is 2. The molecular weight excluding hydrogens is 458 g/mol. The zero-order valence-corrected chi connectivity index (χ0v) is 19.1. The number of hydrogen-bond donors (Lipinski definition) is 0. The highest BCUT2D eigenvalue weighted by atomic mass is 19.1. The third-order valence-electron chi connectivity index (χ3n) is 6.02. The van der Waals surface area contributed by atoms with Crippen molar-refractivity contribution in [3.05, 3.63) is 82.8 Å². The normalized spacial score (nSPS) is 14.1. The van der Waals surface area contributed by atoms with E-state index in [1.807, 2.05) is 25.1 Å². The molecule has 182 valence electrons. The first-order valence-electron chi connectivity index (χ1n) is 11.3. The Morgan fingerprint density at radius 3 is 2.49 bits per heavy atom. The molecule has 1 saturated carbocycles. The molecule has 5 rings (SSSR count). The molecule has 0 saturated heterocycles. The summed E-state index contributed by atoms with van der Waals surface area (Å²) >= 11 is 0. The van der Waals surface area contributed by atoms with Crippen molar-refractivity contribution in [2.24, 2.45) is 0 Å². The molecule has 0 spiro atoms. The summed E-state index contributed by atoms with van der Waals surface area (Å²) in [6.07, 6.45) is 1.45. The first-order valence-corrected chi connectivity index (χ1v) is 11.3. The molecule has 3 aromatic rings.